The molecule has 7 nitrogen and oxygen atoms in total. The molecule has 2 aliphatic rings. The maximum Gasteiger partial charge on any atom is 0.336 e. The number of nitrogens with zero attached hydrogens (tertiary/aromatic N) is 1. The smallest absolute Gasteiger partial charge is 0.336 e. The molecule has 2 aromatic carbocycles. The number of methoxy groups -OCH3 is 2. The van der Waals surface area contributed by atoms with Gasteiger partial charge >= 0.3 is 5.97 Å². The molecular formula is C27H29NO6. The summed E-state index contributed by atoms with van der Waals surface area (Å²) in [5.74, 6) is -0.555. The first-order valence-electron chi connectivity index (χ1n) is 11.4. The first-order chi connectivity index (χ1) is 16.4. The van der Waals surface area contributed by atoms with Crippen LogP contribution in [-0.2, 0) is 14.3 Å². The summed E-state index contributed by atoms with van der Waals surface area (Å²) in [6.45, 7) is 3.97. The summed E-state index contributed by atoms with van der Waals surface area (Å²) >= 11 is 0. The fourth-order valence-electron chi connectivity index (χ4n) is 5.02. The highest BCUT2D eigenvalue weighted by Crippen LogP contribution is 2.47. The Labute approximate surface area is 199 Å². The topological polar surface area (TPSA) is 94.4 Å². The molecule has 34 heavy (non-hydrogen) atoms. The minimum absolute atomic E-state index is 0.000311. The predicted octanol–water partition coefficient (Wildman–Crippen LogP) is 4.55. The van der Waals surface area contributed by atoms with Gasteiger partial charge in [-0.3, -0.25) is 9.79 Å². The Hall–Kier alpha value is -3.61. The van der Waals surface area contributed by atoms with E-state index in [9.17, 15) is 14.7 Å². The van der Waals surface area contributed by atoms with Crippen molar-refractivity contribution < 1.29 is 28.9 Å². The van der Waals surface area contributed by atoms with E-state index in [2.05, 4.69) is 0 Å². The first kappa shape index (κ1) is 23.5. The van der Waals surface area contributed by atoms with E-state index < -0.39 is 17.8 Å². The molecule has 1 aliphatic carbocycles. The van der Waals surface area contributed by atoms with Gasteiger partial charge in [0.2, 0.25) is 0 Å². The first-order valence-corrected chi connectivity index (χ1v) is 11.4. The third-order valence-corrected chi connectivity index (χ3v) is 6.59. The highest BCUT2D eigenvalue weighted by atomic mass is 16.5. The Kier molecular flexibility index (Phi) is 6.72. The van der Waals surface area contributed by atoms with E-state index in [0.717, 1.165) is 17.0 Å². The van der Waals surface area contributed by atoms with Crippen LogP contribution in [0, 0.1) is 5.92 Å². The number of carbonyl (C=O) groups excluding carboxylic acids is 2. The number of esters is 1. The molecular weight excluding hydrogens is 434 g/mol. The number of ketones is 1. The zero-order valence-corrected chi connectivity index (χ0v) is 19.8. The van der Waals surface area contributed by atoms with Crippen LogP contribution in [0.1, 0.15) is 49.7 Å². The van der Waals surface area contributed by atoms with Gasteiger partial charge in [-0.25, -0.2) is 4.79 Å². The van der Waals surface area contributed by atoms with Crippen molar-refractivity contribution in [3.8, 4) is 17.2 Å². The fourth-order valence-corrected chi connectivity index (χ4v) is 5.02. The average Bonchev–Trinajstić information content (AvgIpc) is 2.84. The minimum Gasteiger partial charge on any atom is -0.504 e. The lowest BCUT2D eigenvalue weighted by Gasteiger charge is -2.38. The SMILES string of the molecule is CCOc1cc([C@H]2C(C(=O)OC)=C(C)N=C3C[C@H](c4ccc(OC)cc4)CC(=O)C32)ccc1O. The van der Waals surface area contributed by atoms with Crippen LogP contribution in [0.3, 0.4) is 0 Å². The van der Waals surface area contributed by atoms with E-state index in [1.807, 2.05) is 31.2 Å². The van der Waals surface area contributed by atoms with Crippen LogP contribution in [-0.4, -0.2) is 43.4 Å². The van der Waals surface area contributed by atoms with E-state index >= 15 is 0 Å². The van der Waals surface area contributed by atoms with Gasteiger partial charge in [-0.05, 0) is 61.6 Å². The van der Waals surface area contributed by atoms with Crippen molar-refractivity contribution in [3.63, 3.8) is 0 Å². The molecule has 0 spiro atoms. The minimum atomic E-state index is -0.577. The van der Waals surface area contributed by atoms with Crippen molar-refractivity contribution in [2.75, 3.05) is 20.8 Å². The summed E-state index contributed by atoms with van der Waals surface area (Å²) in [6, 6.07) is 12.7. The number of ether oxygens (including phenoxy) is 3. The third-order valence-electron chi connectivity index (χ3n) is 6.59. The van der Waals surface area contributed by atoms with Crippen LogP contribution in [0.4, 0.5) is 0 Å². The lowest BCUT2D eigenvalue weighted by molar-refractivity contribution is -0.136. The monoisotopic (exact) mass is 463 g/mol. The number of allylic oxidation sites excluding steroid dienone is 1. The zero-order valence-electron chi connectivity index (χ0n) is 19.8. The molecule has 1 fully saturated rings. The lowest BCUT2D eigenvalue weighted by atomic mass is 9.66. The Balaban J connectivity index is 1.77. The second-order valence-electron chi connectivity index (χ2n) is 8.55. The molecule has 0 saturated heterocycles. The Morgan fingerprint density at radius 1 is 1.06 bits per heavy atom. The number of fused-ring (bicyclic) bond motifs is 1. The number of rotatable bonds is 6. The lowest BCUT2D eigenvalue weighted by Crippen LogP contribution is -2.41. The molecule has 7 heteroatoms. The van der Waals surface area contributed by atoms with Crippen LogP contribution in [0.5, 0.6) is 17.2 Å². The molecule has 0 bridgehead atoms. The van der Waals surface area contributed by atoms with E-state index in [1.165, 1.54) is 13.2 Å². The summed E-state index contributed by atoms with van der Waals surface area (Å²) in [7, 11) is 2.94. The van der Waals surface area contributed by atoms with Gasteiger partial charge in [-0.1, -0.05) is 18.2 Å². The normalized spacial score (nSPS) is 22.1. The molecule has 178 valence electrons. The summed E-state index contributed by atoms with van der Waals surface area (Å²) in [5, 5.41) is 10.2. The Bertz CT molecular complexity index is 1160. The van der Waals surface area contributed by atoms with Crippen LogP contribution in [0.25, 0.3) is 0 Å². The predicted molar refractivity (Wildman–Crippen MR) is 128 cm³/mol. The third kappa shape index (κ3) is 4.30. The molecule has 3 atom stereocenters. The highest BCUT2D eigenvalue weighted by Gasteiger charge is 2.46. The largest absolute Gasteiger partial charge is 0.504 e. The van der Waals surface area contributed by atoms with E-state index in [1.54, 1.807) is 26.2 Å². The standard InChI is InChI=1S/C27H29NO6/c1-5-34-23-14-17(8-11-21(23)29)25-24(27(31)33-4)15(2)28-20-12-18(13-22(30)26(20)25)16-6-9-19(32-3)10-7-16/h6-11,14,18,25-26,29H,5,12-13H2,1-4H3/t18-,25-,26?/m0/s1. The summed E-state index contributed by atoms with van der Waals surface area (Å²) in [5.41, 5.74) is 3.42. The number of aromatic hydroxyl groups is 1. The van der Waals surface area contributed by atoms with Gasteiger partial charge in [0, 0.05) is 23.7 Å². The summed E-state index contributed by atoms with van der Waals surface area (Å²) in [6.07, 6.45) is 0.956. The van der Waals surface area contributed by atoms with Gasteiger partial charge in [0.1, 0.15) is 11.5 Å². The average molecular weight is 464 g/mol. The van der Waals surface area contributed by atoms with Gasteiger partial charge in [0.15, 0.2) is 11.5 Å². The molecule has 4 rings (SSSR count). The number of aliphatic imine (C=N–C) groups is 1. The maximum atomic E-state index is 13.6. The van der Waals surface area contributed by atoms with E-state index in [0.29, 0.717) is 42.0 Å². The van der Waals surface area contributed by atoms with Gasteiger partial charge in [-0.15, -0.1) is 0 Å². The molecule has 1 saturated carbocycles. The van der Waals surface area contributed by atoms with Crippen molar-refractivity contribution in [2.45, 2.75) is 38.5 Å². The van der Waals surface area contributed by atoms with Crippen molar-refractivity contribution in [1.82, 2.24) is 0 Å². The number of Topliss-reactive ketones (excluding diaryl/α,β-unsaturated/α-hetero) is 1. The molecule has 0 aromatic heterocycles. The number of phenols is 1. The van der Waals surface area contributed by atoms with Crippen molar-refractivity contribution in [3.05, 3.63) is 64.9 Å². The fraction of sp³-hybridized carbons (Fsp3) is 0.370. The number of hydrogen-bond acceptors (Lipinski definition) is 7. The van der Waals surface area contributed by atoms with Crippen LogP contribution < -0.4 is 9.47 Å². The molecule has 1 unspecified atom stereocenters. The van der Waals surface area contributed by atoms with Gasteiger partial charge in [0.25, 0.3) is 0 Å². The maximum absolute atomic E-state index is 13.6. The van der Waals surface area contributed by atoms with Crippen molar-refractivity contribution >= 4 is 17.5 Å². The summed E-state index contributed by atoms with van der Waals surface area (Å²) in [4.78, 5) is 31.1. The zero-order chi connectivity index (χ0) is 24.4. The van der Waals surface area contributed by atoms with E-state index in [4.69, 9.17) is 19.2 Å². The van der Waals surface area contributed by atoms with Crippen LogP contribution >= 0.6 is 0 Å². The van der Waals surface area contributed by atoms with Crippen LogP contribution in [0.2, 0.25) is 0 Å². The summed E-state index contributed by atoms with van der Waals surface area (Å²) < 4.78 is 15.9. The van der Waals surface area contributed by atoms with Crippen molar-refractivity contribution in [1.29, 1.82) is 0 Å². The van der Waals surface area contributed by atoms with Crippen molar-refractivity contribution in [2.24, 2.45) is 10.9 Å². The number of carbonyl (C=O) groups is 2. The number of phenolic OH excluding ortho intramolecular Hbond substituents is 1. The highest BCUT2D eigenvalue weighted by molar-refractivity contribution is 6.12. The molecule has 0 amide bonds. The Morgan fingerprint density at radius 3 is 2.41 bits per heavy atom. The van der Waals surface area contributed by atoms with Gasteiger partial charge in [-0.2, -0.15) is 0 Å². The quantitative estimate of drug-likeness (QED) is 0.632. The molecule has 1 heterocycles. The molecule has 0 radical (unpaired) electrons. The van der Waals surface area contributed by atoms with E-state index in [-0.39, 0.29) is 17.5 Å². The van der Waals surface area contributed by atoms with Gasteiger partial charge < -0.3 is 19.3 Å². The molecule has 2 aromatic rings. The number of hydrogen-bond donors (Lipinski definition) is 1. The van der Waals surface area contributed by atoms with Gasteiger partial charge in [0.05, 0.1) is 32.3 Å². The molecule has 1 N–H and O–H groups in total. The number of benzene rings is 2. The van der Waals surface area contributed by atoms with Crippen LogP contribution in [0.15, 0.2) is 58.7 Å². The Morgan fingerprint density at radius 2 is 1.76 bits per heavy atom. The molecule has 1 aliphatic heterocycles. The second-order valence-corrected chi connectivity index (χ2v) is 8.55. The second kappa shape index (κ2) is 9.71.